The van der Waals surface area contributed by atoms with Crippen molar-refractivity contribution in [2.24, 2.45) is 5.73 Å². The minimum absolute atomic E-state index is 0.0241. The third kappa shape index (κ3) is 2.65. The number of nitrogens with two attached hydrogens (primary N) is 1. The molecule has 2 unspecified atom stereocenters. The van der Waals surface area contributed by atoms with Gasteiger partial charge < -0.3 is 15.4 Å². The molecule has 0 bridgehead atoms. The largest absolute Gasteiger partial charge is 0.377 e. The van der Waals surface area contributed by atoms with Crippen LogP contribution in [0.25, 0.3) is 0 Å². The van der Waals surface area contributed by atoms with Crippen LogP contribution in [0.5, 0.6) is 0 Å². The summed E-state index contributed by atoms with van der Waals surface area (Å²) in [5.74, 6) is -0.0241. The third-order valence-electron chi connectivity index (χ3n) is 2.76. The lowest BCUT2D eigenvalue weighted by Crippen LogP contribution is -2.47. The molecule has 1 fully saturated rings. The molecular formula is C11H17N3O2S. The van der Waals surface area contributed by atoms with E-state index in [0.717, 1.165) is 5.01 Å². The standard InChI is InChI=1S/C11H17N3O2S/c1-7-5-16-4-3-14(7)11(15)9-6-17-10(13-9)8(2)12/h6-8H,3-5,12H2,1-2H3. The van der Waals surface area contributed by atoms with Crippen LogP contribution >= 0.6 is 11.3 Å². The number of amides is 1. The van der Waals surface area contributed by atoms with Crippen LogP contribution in [0.15, 0.2) is 5.38 Å². The maximum Gasteiger partial charge on any atom is 0.273 e. The average Bonchev–Trinajstić information content (AvgIpc) is 2.78. The van der Waals surface area contributed by atoms with Crippen LogP contribution in [0.2, 0.25) is 0 Å². The number of carbonyl (C=O) groups excluding carboxylic acids is 1. The molecule has 6 heteroatoms. The molecule has 1 aliphatic heterocycles. The van der Waals surface area contributed by atoms with E-state index < -0.39 is 0 Å². The lowest BCUT2D eigenvalue weighted by atomic mass is 10.2. The molecule has 1 amide bonds. The molecular weight excluding hydrogens is 238 g/mol. The molecule has 1 aromatic heterocycles. The van der Waals surface area contributed by atoms with Gasteiger partial charge in [-0.1, -0.05) is 0 Å². The number of thiazole rings is 1. The molecule has 2 atom stereocenters. The van der Waals surface area contributed by atoms with E-state index in [-0.39, 0.29) is 18.0 Å². The van der Waals surface area contributed by atoms with Crippen molar-refractivity contribution in [1.29, 1.82) is 0 Å². The van der Waals surface area contributed by atoms with Crippen LogP contribution in [0.1, 0.15) is 35.4 Å². The van der Waals surface area contributed by atoms with E-state index in [2.05, 4.69) is 4.98 Å². The summed E-state index contributed by atoms with van der Waals surface area (Å²) in [5.41, 5.74) is 6.23. The lowest BCUT2D eigenvalue weighted by Gasteiger charge is -2.32. The zero-order valence-corrected chi connectivity index (χ0v) is 10.9. The van der Waals surface area contributed by atoms with Gasteiger partial charge in [-0.25, -0.2) is 4.98 Å². The van der Waals surface area contributed by atoms with Gasteiger partial charge in [0, 0.05) is 11.9 Å². The summed E-state index contributed by atoms with van der Waals surface area (Å²) in [6, 6.07) is -0.0136. The summed E-state index contributed by atoms with van der Waals surface area (Å²) in [5, 5.41) is 2.58. The quantitative estimate of drug-likeness (QED) is 0.857. The molecule has 1 aliphatic rings. The molecule has 2 heterocycles. The second-order valence-electron chi connectivity index (χ2n) is 4.28. The Morgan fingerprint density at radius 2 is 2.53 bits per heavy atom. The van der Waals surface area contributed by atoms with Gasteiger partial charge in [-0.2, -0.15) is 0 Å². The number of nitrogens with zero attached hydrogens (tertiary/aromatic N) is 2. The Bertz CT molecular complexity index is 405. The molecule has 2 N–H and O–H groups in total. The molecule has 1 saturated heterocycles. The second-order valence-corrected chi connectivity index (χ2v) is 5.17. The first-order valence-electron chi connectivity index (χ1n) is 5.69. The molecule has 94 valence electrons. The Balaban J connectivity index is 2.12. The van der Waals surface area contributed by atoms with E-state index in [9.17, 15) is 4.79 Å². The summed E-state index contributed by atoms with van der Waals surface area (Å²) >= 11 is 1.44. The van der Waals surface area contributed by atoms with Crippen LogP contribution in [0.3, 0.4) is 0 Å². The van der Waals surface area contributed by atoms with Gasteiger partial charge in [0.25, 0.3) is 5.91 Å². The van der Waals surface area contributed by atoms with Crippen LogP contribution in [0, 0.1) is 0 Å². The summed E-state index contributed by atoms with van der Waals surface area (Å²) in [7, 11) is 0. The number of aromatic nitrogens is 1. The highest BCUT2D eigenvalue weighted by atomic mass is 32.1. The minimum Gasteiger partial charge on any atom is -0.377 e. The molecule has 17 heavy (non-hydrogen) atoms. The highest BCUT2D eigenvalue weighted by molar-refractivity contribution is 7.09. The SMILES string of the molecule is CC(N)c1nc(C(=O)N2CCOCC2C)cs1. The van der Waals surface area contributed by atoms with Gasteiger partial charge in [0.2, 0.25) is 0 Å². The first-order valence-corrected chi connectivity index (χ1v) is 6.57. The number of hydrogen-bond acceptors (Lipinski definition) is 5. The first-order chi connectivity index (χ1) is 8.09. The Labute approximate surface area is 105 Å². The Kier molecular flexibility index (Phi) is 3.76. The van der Waals surface area contributed by atoms with E-state index >= 15 is 0 Å². The van der Waals surface area contributed by atoms with Crippen LogP contribution in [-0.2, 0) is 4.74 Å². The van der Waals surface area contributed by atoms with Gasteiger partial charge in [-0.3, -0.25) is 4.79 Å². The molecule has 0 radical (unpaired) electrons. The van der Waals surface area contributed by atoms with E-state index in [1.165, 1.54) is 11.3 Å². The number of hydrogen-bond donors (Lipinski definition) is 1. The molecule has 0 saturated carbocycles. The van der Waals surface area contributed by atoms with Gasteiger partial charge in [0.05, 0.1) is 25.3 Å². The maximum absolute atomic E-state index is 12.2. The molecule has 0 spiro atoms. The fraction of sp³-hybridized carbons (Fsp3) is 0.636. The molecule has 0 aliphatic carbocycles. The second kappa shape index (κ2) is 5.12. The van der Waals surface area contributed by atoms with Crippen LogP contribution in [0.4, 0.5) is 0 Å². The van der Waals surface area contributed by atoms with Crippen molar-refractivity contribution in [3.8, 4) is 0 Å². The predicted molar refractivity (Wildman–Crippen MR) is 66.0 cm³/mol. The van der Waals surface area contributed by atoms with Crippen molar-refractivity contribution in [3.05, 3.63) is 16.1 Å². The van der Waals surface area contributed by atoms with Crippen molar-refractivity contribution in [2.45, 2.75) is 25.9 Å². The van der Waals surface area contributed by atoms with Gasteiger partial charge in [-0.15, -0.1) is 11.3 Å². The highest BCUT2D eigenvalue weighted by Crippen LogP contribution is 2.18. The Hall–Kier alpha value is -0.980. The van der Waals surface area contributed by atoms with Gasteiger partial charge in [-0.05, 0) is 13.8 Å². The van der Waals surface area contributed by atoms with Crippen molar-refractivity contribution in [3.63, 3.8) is 0 Å². The zero-order valence-electron chi connectivity index (χ0n) is 10.0. The summed E-state index contributed by atoms with van der Waals surface area (Å²) in [6.45, 7) is 5.67. The zero-order chi connectivity index (χ0) is 12.4. The first kappa shape index (κ1) is 12.5. The van der Waals surface area contributed by atoms with Crippen molar-refractivity contribution in [2.75, 3.05) is 19.8 Å². The number of carbonyl (C=O) groups is 1. The van der Waals surface area contributed by atoms with Crippen molar-refractivity contribution in [1.82, 2.24) is 9.88 Å². The Morgan fingerprint density at radius 1 is 1.76 bits per heavy atom. The number of morpholine rings is 1. The van der Waals surface area contributed by atoms with Gasteiger partial charge in [0.15, 0.2) is 0 Å². The lowest BCUT2D eigenvalue weighted by molar-refractivity contribution is 0.00330. The fourth-order valence-corrected chi connectivity index (χ4v) is 2.52. The van der Waals surface area contributed by atoms with E-state index in [1.807, 2.05) is 18.7 Å². The van der Waals surface area contributed by atoms with E-state index in [1.54, 1.807) is 5.38 Å². The monoisotopic (exact) mass is 255 g/mol. The van der Waals surface area contributed by atoms with Crippen LogP contribution < -0.4 is 5.73 Å². The molecule has 1 aromatic rings. The van der Waals surface area contributed by atoms with Gasteiger partial charge in [0.1, 0.15) is 10.7 Å². The Morgan fingerprint density at radius 3 is 3.12 bits per heavy atom. The normalized spacial score (nSPS) is 22.5. The molecule has 5 nitrogen and oxygen atoms in total. The molecule has 2 rings (SSSR count). The van der Waals surface area contributed by atoms with E-state index in [0.29, 0.717) is 25.5 Å². The smallest absolute Gasteiger partial charge is 0.273 e. The predicted octanol–water partition coefficient (Wildman–Crippen LogP) is 1.02. The average molecular weight is 255 g/mol. The van der Waals surface area contributed by atoms with E-state index in [4.69, 9.17) is 10.5 Å². The van der Waals surface area contributed by atoms with Crippen molar-refractivity contribution < 1.29 is 9.53 Å². The molecule has 0 aromatic carbocycles. The van der Waals surface area contributed by atoms with Crippen LogP contribution in [-0.4, -0.2) is 41.6 Å². The maximum atomic E-state index is 12.2. The number of ether oxygens (including phenoxy) is 1. The summed E-state index contributed by atoms with van der Waals surface area (Å²) in [4.78, 5) is 18.3. The third-order valence-corrected chi connectivity index (χ3v) is 3.80. The topological polar surface area (TPSA) is 68.5 Å². The fourth-order valence-electron chi connectivity index (χ4n) is 1.77. The minimum atomic E-state index is -0.122. The summed E-state index contributed by atoms with van der Waals surface area (Å²) < 4.78 is 5.31. The number of rotatable bonds is 2. The highest BCUT2D eigenvalue weighted by Gasteiger charge is 2.26. The van der Waals surface area contributed by atoms with Gasteiger partial charge >= 0.3 is 0 Å². The summed E-state index contributed by atoms with van der Waals surface area (Å²) in [6.07, 6.45) is 0. The van der Waals surface area contributed by atoms with Crippen molar-refractivity contribution >= 4 is 17.2 Å².